The fourth-order valence-corrected chi connectivity index (χ4v) is 3.04. The molecule has 0 radical (unpaired) electrons. The van der Waals surface area contributed by atoms with Crippen molar-refractivity contribution in [2.24, 2.45) is 5.92 Å². The third-order valence-electron chi connectivity index (χ3n) is 4.56. The largest absolute Gasteiger partial charge is 0.496 e. The van der Waals surface area contributed by atoms with Gasteiger partial charge in [0.25, 0.3) is 0 Å². The van der Waals surface area contributed by atoms with Gasteiger partial charge in [-0.15, -0.1) is 0 Å². The zero-order chi connectivity index (χ0) is 14.8. The summed E-state index contributed by atoms with van der Waals surface area (Å²) in [5.41, 5.74) is 4.21. The predicted octanol–water partition coefficient (Wildman–Crippen LogP) is 5.61. The lowest BCUT2D eigenvalue weighted by atomic mass is 9.96. The zero-order valence-corrected chi connectivity index (χ0v) is 13.0. The number of hydrogen-bond donors (Lipinski definition) is 0. The molecule has 1 aliphatic carbocycles. The second-order valence-corrected chi connectivity index (χ2v) is 5.75. The Labute approximate surface area is 126 Å². The average molecular weight is 278 g/mol. The van der Waals surface area contributed by atoms with Gasteiger partial charge in [-0.25, -0.2) is 0 Å². The first-order chi connectivity index (χ1) is 10.2. The Hall–Kier alpha value is -2.02. The first kappa shape index (κ1) is 13.9. The molecular formula is C20H22O. The van der Waals surface area contributed by atoms with Crippen LogP contribution in [-0.2, 0) is 0 Å². The van der Waals surface area contributed by atoms with Gasteiger partial charge >= 0.3 is 0 Å². The van der Waals surface area contributed by atoms with E-state index in [1.165, 1.54) is 28.3 Å². The molecule has 0 aliphatic heterocycles. The Morgan fingerprint density at radius 3 is 2.57 bits per heavy atom. The monoisotopic (exact) mass is 278 g/mol. The van der Waals surface area contributed by atoms with Crippen molar-refractivity contribution in [2.75, 3.05) is 7.11 Å². The van der Waals surface area contributed by atoms with E-state index in [4.69, 9.17) is 4.74 Å². The maximum Gasteiger partial charge on any atom is 0.126 e. The van der Waals surface area contributed by atoms with E-state index in [0.29, 0.717) is 5.92 Å². The number of fused-ring (bicyclic) bond motifs is 1. The second-order valence-electron chi connectivity index (χ2n) is 5.75. The van der Waals surface area contributed by atoms with Crippen LogP contribution in [0, 0.1) is 5.92 Å². The molecule has 3 rings (SSSR count). The van der Waals surface area contributed by atoms with Crippen molar-refractivity contribution in [1.29, 1.82) is 0 Å². The smallest absolute Gasteiger partial charge is 0.126 e. The Kier molecular flexibility index (Phi) is 3.83. The van der Waals surface area contributed by atoms with Crippen molar-refractivity contribution in [2.45, 2.75) is 26.7 Å². The van der Waals surface area contributed by atoms with Gasteiger partial charge in [0.1, 0.15) is 5.75 Å². The molecule has 0 bridgehead atoms. The first-order valence-electron chi connectivity index (χ1n) is 7.71. The molecule has 1 atom stereocenters. The van der Waals surface area contributed by atoms with Gasteiger partial charge in [-0.2, -0.15) is 0 Å². The molecule has 1 unspecified atom stereocenters. The summed E-state index contributed by atoms with van der Waals surface area (Å²) in [6.07, 6.45) is 7.03. The van der Waals surface area contributed by atoms with Crippen molar-refractivity contribution < 1.29 is 4.74 Å². The van der Waals surface area contributed by atoms with Gasteiger partial charge in [-0.05, 0) is 41.3 Å². The molecule has 0 aromatic heterocycles. The molecule has 1 heteroatoms. The summed E-state index contributed by atoms with van der Waals surface area (Å²) in [4.78, 5) is 0. The van der Waals surface area contributed by atoms with Crippen LogP contribution in [0.5, 0.6) is 5.75 Å². The fraction of sp³-hybridized carbons (Fsp3) is 0.300. The minimum absolute atomic E-state index is 0.670. The van der Waals surface area contributed by atoms with Crippen LogP contribution in [0.3, 0.4) is 0 Å². The maximum absolute atomic E-state index is 5.49. The van der Waals surface area contributed by atoms with Gasteiger partial charge < -0.3 is 4.74 Å². The molecule has 2 aromatic rings. The van der Waals surface area contributed by atoms with Crippen molar-refractivity contribution in [3.05, 3.63) is 59.7 Å². The van der Waals surface area contributed by atoms with Crippen molar-refractivity contribution >= 4 is 16.3 Å². The van der Waals surface area contributed by atoms with E-state index in [0.717, 1.165) is 12.2 Å². The van der Waals surface area contributed by atoms with Crippen molar-refractivity contribution in [3.8, 4) is 5.75 Å². The van der Waals surface area contributed by atoms with E-state index in [9.17, 15) is 0 Å². The van der Waals surface area contributed by atoms with Gasteiger partial charge in [0.05, 0.1) is 7.11 Å². The highest BCUT2D eigenvalue weighted by Gasteiger charge is 2.15. The van der Waals surface area contributed by atoms with E-state index in [-0.39, 0.29) is 0 Å². The molecule has 1 nitrogen and oxygen atoms in total. The SMILES string of the molecule is CCC(C)C1=CC(c2ccc(OC)c3ccccc23)=CC1. The third kappa shape index (κ3) is 2.49. The molecule has 0 spiro atoms. The number of ether oxygens (including phenoxy) is 1. The molecule has 0 heterocycles. The van der Waals surface area contributed by atoms with Crippen LogP contribution >= 0.6 is 0 Å². The van der Waals surface area contributed by atoms with Crippen LogP contribution in [-0.4, -0.2) is 7.11 Å². The number of allylic oxidation sites excluding steroid dienone is 4. The van der Waals surface area contributed by atoms with E-state index in [2.05, 4.69) is 62.4 Å². The highest BCUT2D eigenvalue weighted by molar-refractivity contribution is 5.99. The summed E-state index contributed by atoms with van der Waals surface area (Å²) in [6, 6.07) is 12.7. The summed E-state index contributed by atoms with van der Waals surface area (Å²) >= 11 is 0. The molecule has 108 valence electrons. The summed E-state index contributed by atoms with van der Waals surface area (Å²) in [6.45, 7) is 4.57. The third-order valence-corrected chi connectivity index (χ3v) is 4.56. The normalized spacial score (nSPS) is 15.8. The summed E-state index contributed by atoms with van der Waals surface area (Å²) in [5, 5.41) is 2.45. The van der Waals surface area contributed by atoms with E-state index in [1.807, 2.05) is 0 Å². The molecule has 21 heavy (non-hydrogen) atoms. The van der Waals surface area contributed by atoms with Crippen LogP contribution < -0.4 is 4.74 Å². The van der Waals surface area contributed by atoms with Crippen molar-refractivity contribution in [3.63, 3.8) is 0 Å². The predicted molar refractivity (Wildman–Crippen MR) is 90.6 cm³/mol. The van der Waals surface area contributed by atoms with E-state index >= 15 is 0 Å². The lowest BCUT2D eigenvalue weighted by molar-refractivity contribution is 0.420. The number of hydrogen-bond acceptors (Lipinski definition) is 1. The minimum atomic E-state index is 0.670. The van der Waals surface area contributed by atoms with Crippen LogP contribution in [0.1, 0.15) is 32.3 Å². The standard InChI is InChI=1S/C20H22O/c1-4-14(2)15-9-10-16(13-15)17-11-12-20(21-3)19-8-6-5-7-18(17)19/h5-8,10-14H,4,9H2,1-3H3. The first-order valence-corrected chi connectivity index (χ1v) is 7.71. The lowest BCUT2D eigenvalue weighted by Gasteiger charge is -2.11. The number of rotatable bonds is 4. The molecule has 1 aliphatic rings. The fourth-order valence-electron chi connectivity index (χ4n) is 3.04. The molecule has 0 saturated carbocycles. The van der Waals surface area contributed by atoms with Crippen molar-refractivity contribution in [1.82, 2.24) is 0 Å². The highest BCUT2D eigenvalue weighted by Crippen LogP contribution is 2.37. The van der Waals surface area contributed by atoms with Crippen LogP contribution in [0.2, 0.25) is 0 Å². The quantitative estimate of drug-likeness (QED) is 0.706. The average Bonchev–Trinajstić information content (AvgIpc) is 3.02. The molecule has 0 saturated heterocycles. The van der Waals surface area contributed by atoms with Crippen LogP contribution in [0.4, 0.5) is 0 Å². The van der Waals surface area contributed by atoms with Gasteiger partial charge in [0, 0.05) is 5.39 Å². The number of benzene rings is 2. The Balaban J connectivity index is 2.09. The highest BCUT2D eigenvalue weighted by atomic mass is 16.5. The van der Waals surface area contributed by atoms with Crippen LogP contribution in [0.15, 0.2) is 54.1 Å². The molecule has 0 N–H and O–H groups in total. The van der Waals surface area contributed by atoms with E-state index < -0.39 is 0 Å². The minimum Gasteiger partial charge on any atom is -0.496 e. The topological polar surface area (TPSA) is 9.23 Å². The Bertz CT molecular complexity index is 722. The lowest BCUT2D eigenvalue weighted by Crippen LogP contribution is -1.94. The molecule has 0 amide bonds. The molecular weight excluding hydrogens is 256 g/mol. The summed E-state index contributed by atoms with van der Waals surface area (Å²) < 4.78 is 5.49. The van der Waals surface area contributed by atoms with Gasteiger partial charge in [-0.3, -0.25) is 0 Å². The number of methoxy groups -OCH3 is 1. The molecule has 2 aromatic carbocycles. The second kappa shape index (κ2) is 5.77. The summed E-state index contributed by atoms with van der Waals surface area (Å²) in [7, 11) is 1.73. The Morgan fingerprint density at radius 2 is 1.86 bits per heavy atom. The van der Waals surface area contributed by atoms with Crippen LogP contribution in [0.25, 0.3) is 16.3 Å². The summed E-state index contributed by atoms with van der Waals surface area (Å²) in [5.74, 6) is 1.61. The maximum atomic E-state index is 5.49. The van der Waals surface area contributed by atoms with Gasteiger partial charge in [0.15, 0.2) is 0 Å². The molecule has 0 fully saturated rings. The van der Waals surface area contributed by atoms with E-state index in [1.54, 1.807) is 12.7 Å². The van der Waals surface area contributed by atoms with Gasteiger partial charge in [0.2, 0.25) is 0 Å². The van der Waals surface area contributed by atoms with Gasteiger partial charge in [-0.1, -0.05) is 61.9 Å². The zero-order valence-electron chi connectivity index (χ0n) is 13.0. The Morgan fingerprint density at radius 1 is 1.10 bits per heavy atom.